The molecule has 0 spiro atoms. The number of nitrogens with two attached hydrogens (primary N) is 1. The van der Waals surface area contributed by atoms with Gasteiger partial charge in [-0.2, -0.15) is 0 Å². The van der Waals surface area contributed by atoms with Crippen molar-refractivity contribution in [2.75, 3.05) is 20.3 Å². The molecule has 0 aliphatic carbocycles. The molecule has 1 aromatic carbocycles. The Morgan fingerprint density at radius 1 is 1.50 bits per heavy atom. The summed E-state index contributed by atoms with van der Waals surface area (Å²) in [4.78, 5) is 12.1. The van der Waals surface area contributed by atoms with E-state index in [-0.39, 0.29) is 12.5 Å². The average molecular weight is 276 g/mol. The second kappa shape index (κ2) is 5.54. The highest BCUT2D eigenvalue weighted by Crippen LogP contribution is 2.29. The number of amides is 1. The van der Waals surface area contributed by atoms with Gasteiger partial charge in [-0.3, -0.25) is 4.79 Å². The van der Waals surface area contributed by atoms with Crippen LogP contribution in [0.5, 0.6) is 11.5 Å². The lowest BCUT2D eigenvalue weighted by molar-refractivity contribution is -0.118. The molecule has 1 aromatic rings. The van der Waals surface area contributed by atoms with E-state index in [0.717, 1.165) is 17.1 Å². The average Bonchev–Trinajstić information content (AvgIpc) is 2.42. The van der Waals surface area contributed by atoms with Crippen LogP contribution in [-0.2, 0) is 4.79 Å². The molecule has 20 heavy (non-hydrogen) atoms. The minimum atomic E-state index is -0.438. The molecule has 0 atom stereocenters. The molecule has 0 unspecified atom stereocenters. The highest BCUT2D eigenvalue weighted by atomic mass is 16.5. The Bertz CT molecular complexity index is 545. The van der Waals surface area contributed by atoms with Crippen LogP contribution in [0.1, 0.15) is 19.4 Å². The summed E-state index contributed by atoms with van der Waals surface area (Å²) in [5.74, 6) is 1.33. The van der Waals surface area contributed by atoms with E-state index in [1.165, 1.54) is 0 Å². The van der Waals surface area contributed by atoms with Crippen LogP contribution in [0, 0.1) is 0 Å². The molecule has 1 aliphatic heterocycles. The standard InChI is InChI=1S/C15H20N2O3/c1-15(2,16)9-17-14(18)11-6-10-7-12(19-3)4-5-13(10)20-8-11/h4-7H,8-9,16H2,1-3H3,(H,17,18). The molecular weight excluding hydrogens is 256 g/mol. The van der Waals surface area contributed by atoms with Gasteiger partial charge in [0.25, 0.3) is 5.91 Å². The van der Waals surface area contributed by atoms with Crippen LogP contribution < -0.4 is 20.5 Å². The predicted molar refractivity (Wildman–Crippen MR) is 77.7 cm³/mol. The SMILES string of the molecule is COc1ccc2c(c1)C=C(C(=O)NCC(C)(C)N)CO2. The first-order chi connectivity index (χ1) is 9.39. The van der Waals surface area contributed by atoms with Gasteiger partial charge in [0.1, 0.15) is 18.1 Å². The van der Waals surface area contributed by atoms with Crippen LogP contribution >= 0.6 is 0 Å². The maximum absolute atomic E-state index is 12.1. The van der Waals surface area contributed by atoms with Crippen molar-refractivity contribution >= 4 is 12.0 Å². The number of carbonyl (C=O) groups is 1. The van der Waals surface area contributed by atoms with Crippen LogP contribution in [0.15, 0.2) is 23.8 Å². The summed E-state index contributed by atoms with van der Waals surface area (Å²) < 4.78 is 10.7. The number of methoxy groups -OCH3 is 1. The van der Waals surface area contributed by atoms with E-state index in [4.69, 9.17) is 15.2 Å². The number of benzene rings is 1. The molecule has 0 saturated carbocycles. The number of hydrogen-bond donors (Lipinski definition) is 2. The predicted octanol–water partition coefficient (Wildman–Crippen LogP) is 1.32. The van der Waals surface area contributed by atoms with Gasteiger partial charge in [0.05, 0.1) is 12.7 Å². The van der Waals surface area contributed by atoms with E-state index in [9.17, 15) is 4.79 Å². The molecule has 0 radical (unpaired) electrons. The lowest BCUT2D eigenvalue weighted by atomic mass is 10.1. The first kappa shape index (κ1) is 14.4. The van der Waals surface area contributed by atoms with Crippen molar-refractivity contribution in [1.29, 1.82) is 0 Å². The summed E-state index contributed by atoms with van der Waals surface area (Å²) >= 11 is 0. The third kappa shape index (κ3) is 3.51. The van der Waals surface area contributed by atoms with E-state index < -0.39 is 5.54 Å². The molecule has 3 N–H and O–H groups in total. The van der Waals surface area contributed by atoms with E-state index >= 15 is 0 Å². The quantitative estimate of drug-likeness (QED) is 0.870. The molecule has 5 heteroatoms. The molecule has 108 valence electrons. The largest absolute Gasteiger partial charge is 0.497 e. The first-order valence-electron chi connectivity index (χ1n) is 6.47. The van der Waals surface area contributed by atoms with Crippen LogP contribution in [0.25, 0.3) is 6.08 Å². The molecule has 0 saturated heterocycles. The summed E-state index contributed by atoms with van der Waals surface area (Å²) in [6, 6.07) is 5.51. The summed E-state index contributed by atoms with van der Waals surface area (Å²) in [5, 5.41) is 2.81. The minimum absolute atomic E-state index is 0.156. The van der Waals surface area contributed by atoms with Gasteiger partial charge in [0, 0.05) is 17.6 Å². The molecule has 1 aliphatic rings. The van der Waals surface area contributed by atoms with Gasteiger partial charge in [-0.25, -0.2) is 0 Å². The summed E-state index contributed by atoms with van der Waals surface area (Å²) in [6.45, 7) is 4.39. The third-order valence-electron chi connectivity index (χ3n) is 2.93. The van der Waals surface area contributed by atoms with Crippen molar-refractivity contribution in [3.63, 3.8) is 0 Å². The number of fused-ring (bicyclic) bond motifs is 1. The monoisotopic (exact) mass is 276 g/mol. The van der Waals surface area contributed by atoms with Gasteiger partial charge in [-0.1, -0.05) is 0 Å². The Hall–Kier alpha value is -2.01. The summed E-state index contributed by atoms with van der Waals surface area (Å²) in [5.41, 5.74) is 6.83. The van der Waals surface area contributed by atoms with E-state index in [1.807, 2.05) is 38.1 Å². The summed E-state index contributed by atoms with van der Waals surface area (Å²) in [6.07, 6.45) is 1.82. The van der Waals surface area contributed by atoms with Gasteiger partial charge in [-0.05, 0) is 38.1 Å². The zero-order chi connectivity index (χ0) is 14.8. The van der Waals surface area contributed by atoms with Crippen molar-refractivity contribution in [1.82, 2.24) is 5.32 Å². The van der Waals surface area contributed by atoms with Crippen LogP contribution in [0.3, 0.4) is 0 Å². The first-order valence-corrected chi connectivity index (χ1v) is 6.47. The third-order valence-corrected chi connectivity index (χ3v) is 2.93. The van der Waals surface area contributed by atoms with Crippen molar-refractivity contribution < 1.29 is 14.3 Å². The smallest absolute Gasteiger partial charge is 0.250 e. The number of carbonyl (C=O) groups excluding carboxylic acids is 1. The zero-order valence-corrected chi connectivity index (χ0v) is 12.0. The Morgan fingerprint density at radius 3 is 2.90 bits per heavy atom. The van der Waals surface area contributed by atoms with Gasteiger partial charge in [0.2, 0.25) is 0 Å². The van der Waals surface area contributed by atoms with E-state index in [1.54, 1.807) is 7.11 Å². The van der Waals surface area contributed by atoms with Crippen molar-refractivity contribution in [2.45, 2.75) is 19.4 Å². The lowest BCUT2D eigenvalue weighted by Gasteiger charge is -2.21. The van der Waals surface area contributed by atoms with Gasteiger partial charge >= 0.3 is 0 Å². The lowest BCUT2D eigenvalue weighted by Crippen LogP contribution is -2.45. The number of rotatable bonds is 4. The van der Waals surface area contributed by atoms with Crippen LogP contribution in [-0.4, -0.2) is 31.7 Å². The highest BCUT2D eigenvalue weighted by molar-refractivity contribution is 5.99. The zero-order valence-electron chi connectivity index (χ0n) is 12.0. The minimum Gasteiger partial charge on any atom is -0.497 e. The van der Waals surface area contributed by atoms with Crippen molar-refractivity contribution in [2.24, 2.45) is 5.73 Å². The van der Waals surface area contributed by atoms with Gasteiger partial charge in [-0.15, -0.1) is 0 Å². The van der Waals surface area contributed by atoms with Crippen LogP contribution in [0.2, 0.25) is 0 Å². The maximum atomic E-state index is 12.1. The molecule has 1 amide bonds. The Labute approximate surface area is 118 Å². The molecule has 0 fully saturated rings. The topological polar surface area (TPSA) is 73.6 Å². The number of ether oxygens (including phenoxy) is 2. The second-order valence-corrected chi connectivity index (χ2v) is 5.53. The van der Waals surface area contributed by atoms with Gasteiger partial charge < -0.3 is 20.5 Å². The Balaban J connectivity index is 2.13. The molecule has 1 heterocycles. The van der Waals surface area contributed by atoms with Crippen molar-refractivity contribution in [3.8, 4) is 11.5 Å². The molecule has 0 aromatic heterocycles. The molecule has 2 rings (SSSR count). The highest BCUT2D eigenvalue weighted by Gasteiger charge is 2.19. The van der Waals surface area contributed by atoms with E-state index in [0.29, 0.717) is 12.1 Å². The fourth-order valence-corrected chi connectivity index (χ4v) is 1.84. The maximum Gasteiger partial charge on any atom is 0.250 e. The number of hydrogen-bond acceptors (Lipinski definition) is 4. The van der Waals surface area contributed by atoms with Crippen LogP contribution in [0.4, 0.5) is 0 Å². The second-order valence-electron chi connectivity index (χ2n) is 5.53. The Morgan fingerprint density at radius 2 is 2.25 bits per heavy atom. The Kier molecular flexibility index (Phi) is 3.99. The van der Waals surface area contributed by atoms with Crippen molar-refractivity contribution in [3.05, 3.63) is 29.3 Å². The van der Waals surface area contributed by atoms with Gasteiger partial charge in [0.15, 0.2) is 0 Å². The molecule has 5 nitrogen and oxygen atoms in total. The molecule has 0 bridgehead atoms. The fraction of sp³-hybridized carbons (Fsp3) is 0.400. The number of nitrogens with one attached hydrogen (secondary N) is 1. The summed E-state index contributed by atoms with van der Waals surface area (Å²) in [7, 11) is 1.60. The normalized spacial score (nSPS) is 13.9. The molecular formula is C15H20N2O3. The van der Waals surface area contributed by atoms with E-state index in [2.05, 4.69) is 5.32 Å². The fourth-order valence-electron chi connectivity index (χ4n) is 1.84.